The van der Waals surface area contributed by atoms with E-state index in [-0.39, 0.29) is 0 Å². The summed E-state index contributed by atoms with van der Waals surface area (Å²) >= 11 is 4.25. The van der Waals surface area contributed by atoms with Gasteiger partial charge in [-0.15, -0.1) is 0 Å². The van der Waals surface area contributed by atoms with Gasteiger partial charge >= 0.3 is 0 Å². The monoisotopic (exact) mass is 495 g/mol. The van der Waals surface area contributed by atoms with Crippen molar-refractivity contribution in [1.82, 2.24) is 0 Å². The van der Waals surface area contributed by atoms with Crippen LogP contribution in [0.2, 0.25) is 0 Å². The second-order valence-electron chi connectivity index (χ2n) is 3.91. The zero-order valence-electron chi connectivity index (χ0n) is 10.5. The van der Waals surface area contributed by atoms with Crippen molar-refractivity contribution >= 4 is 51.1 Å². The second kappa shape index (κ2) is 6.61. The van der Waals surface area contributed by atoms with Gasteiger partial charge in [0.15, 0.2) is 5.75 Å². The van der Waals surface area contributed by atoms with Gasteiger partial charge in [-0.3, -0.25) is 4.79 Å². The first-order valence-electron chi connectivity index (χ1n) is 5.62. The maximum absolute atomic E-state index is 11.2. The van der Waals surface area contributed by atoms with E-state index in [9.17, 15) is 4.79 Å². The molecule has 2 aromatic rings. The fourth-order valence-electron chi connectivity index (χ4n) is 1.56. The summed E-state index contributed by atoms with van der Waals surface area (Å²) in [5.41, 5.74) is 5.76. The molecule has 0 bridgehead atoms. The number of halogens is 2. The molecule has 0 aliphatic carbocycles. The lowest BCUT2D eigenvalue weighted by molar-refractivity contribution is 0.1000. The number of hydrogen-bond acceptors (Lipinski definition) is 3. The predicted octanol–water partition coefficient (Wildman–Crippen LogP) is 3.80. The van der Waals surface area contributed by atoms with E-state index in [1.165, 1.54) is 0 Å². The summed E-state index contributed by atoms with van der Waals surface area (Å²) in [5.74, 6) is 1.73. The highest BCUT2D eigenvalue weighted by molar-refractivity contribution is 14.1. The lowest BCUT2D eigenvalue weighted by Gasteiger charge is -2.11. The quantitative estimate of drug-likeness (QED) is 0.658. The number of rotatable bonds is 4. The summed E-state index contributed by atoms with van der Waals surface area (Å²) in [6.45, 7) is 0. The summed E-state index contributed by atoms with van der Waals surface area (Å²) in [4.78, 5) is 11.2. The van der Waals surface area contributed by atoms with Crippen LogP contribution in [0.15, 0.2) is 36.4 Å². The normalized spacial score (nSPS) is 10.2. The third-order valence-corrected chi connectivity index (χ3v) is 4.16. The van der Waals surface area contributed by atoms with E-state index in [0.717, 1.165) is 12.9 Å². The first kappa shape index (κ1) is 15.4. The van der Waals surface area contributed by atoms with Crippen LogP contribution in [0.25, 0.3) is 0 Å². The number of carbonyl (C=O) groups is 1. The number of ether oxygens (including phenoxy) is 2. The zero-order valence-corrected chi connectivity index (χ0v) is 14.8. The van der Waals surface area contributed by atoms with Crippen LogP contribution < -0.4 is 15.2 Å². The fraction of sp³-hybridized carbons (Fsp3) is 0.0714. The second-order valence-corrected chi connectivity index (χ2v) is 6.24. The highest BCUT2D eigenvalue weighted by atomic mass is 127. The van der Waals surface area contributed by atoms with Crippen LogP contribution in [0.3, 0.4) is 0 Å². The minimum absolute atomic E-state index is 0.447. The molecule has 0 aliphatic rings. The van der Waals surface area contributed by atoms with Gasteiger partial charge in [0.1, 0.15) is 11.5 Å². The fourth-order valence-corrected chi connectivity index (χ4v) is 3.55. The number of methoxy groups -OCH3 is 1. The van der Waals surface area contributed by atoms with E-state index >= 15 is 0 Å². The van der Waals surface area contributed by atoms with Gasteiger partial charge in [-0.2, -0.15) is 0 Å². The average Bonchev–Trinajstić information content (AvgIpc) is 2.43. The Bertz CT molecular complexity index is 618. The minimum Gasteiger partial charge on any atom is -0.497 e. The third kappa shape index (κ3) is 3.54. The Kier molecular flexibility index (Phi) is 5.08. The summed E-state index contributed by atoms with van der Waals surface area (Å²) in [6.07, 6.45) is 0. The van der Waals surface area contributed by atoms with E-state index in [1.54, 1.807) is 19.2 Å². The van der Waals surface area contributed by atoms with E-state index in [0.29, 0.717) is 17.1 Å². The van der Waals surface area contributed by atoms with Crippen LogP contribution in [0.1, 0.15) is 10.4 Å². The van der Waals surface area contributed by atoms with Gasteiger partial charge in [0.05, 0.1) is 14.3 Å². The number of primary amides is 1. The molecule has 6 heteroatoms. The number of hydrogen-bond donors (Lipinski definition) is 1. The molecule has 0 heterocycles. The van der Waals surface area contributed by atoms with Crippen LogP contribution in [-0.2, 0) is 0 Å². The number of amides is 1. The third-order valence-electron chi connectivity index (χ3n) is 2.56. The largest absolute Gasteiger partial charge is 0.497 e. The molecule has 2 rings (SSSR count). The first-order valence-corrected chi connectivity index (χ1v) is 7.77. The minimum atomic E-state index is -0.447. The van der Waals surface area contributed by atoms with Gasteiger partial charge in [-0.25, -0.2) is 0 Å². The Hall–Kier alpha value is -1.03. The lowest BCUT2D eigenvalue weighted by atomic mass is 10.2. The summed E-state index contributed by atoms with van der Waals surface area (Å²) in [7, 11) is 1.62. The molecule has 0 fully saturated rings. The van der Waals surface area contributed by atoms with Crippen molar-refractivity contribution in [2.24, 2.45) is 5.73 Å². The Morgan fingerprint density at radius 1 is 1.05 bits per heavy atom. The first-order chi connectivity index (χ1) is 9.51. The summed E-state index contributed by atoms with van der Waals surface area (Å²) in [5, 5.41) is 0. The Balaban J connectivity index is 2.30. The van der Waals surface area contributed by atoms with Crippen molar-refractivity contribution in [3.05, 3.63) is 49.1 Å². The van der Waals surface area contributed by atoms with Gasteiger partial charge in [0.25, 0.3) is 0 Å². The molecule has 2 N–H and O–H groups in total. The van der Waals surface area contributed by atoms with Gasteiger partial charge in [-0.1, -0.05) is 0 Å². The van der Waals surface area contributed by atoms with Gasteiger partial charge in [0, 0.05) is 5.56 Å². The molecule has 0 aliphatic heterocycles. The molecule has 0 unspecified atom stereocenters. The van der Waals surface area contributed by atoms with Crippen molar-refractivity contribution in [2.45, 2.75) is 0 Å². The molecule has 0 aromatic heterocycles. The van der Waals surface area contributed by atoms with Crippen molar-refractivity contribution < 1.29 is 14.3 Å². The molecule has 104 valence electrons. The Labute approximate surface area is 143 Å². The van der Waals surface area contributed by atoms with E-state index in [2.05, 4.69) is 45.2 Å². The van der Waals surface area contributed by atoms with E-state index in [4.69, 9.17) is 15.2 Å². The molecule has 4 nitrogen and oxygen atoms in total. The lowest BCUT2D eigenvalue weighted by Crippen LogP contribution is -2.11. The highest BCUT2D eigenvalue weighted by Crippen LogP contribution is 2.33. The Morgan fingerprint density at radius 2 is 1.55 bits per heavy atom. The maximum atomic E-state index is 11.2. The van der Waals surface area contributed by atoms with Crippen molar-refractivity contribution in [1.29, 1.82) is 0 Å². The van der Waals surface area contributed by atoms with Crippen LogP contribution in [0.5, 0.6) is 17.2 Å². The van der Waals surface area contributed by atoms with E-state index in [1.807, 2.05) is 24.3 Å². The molecule has 20 heavy (non-hydrogen) atoms. The van der Waals surface area contributed by atoms with Crippen LogP contribution >= 0.6 is 45.2 Å². The zero-order chi connectivity index (χ0) is 14.7. The highest BCUT2D eigenvalue weighted by Gasteiger charge is 2.12. The Morgan fingerprint density at radius 3 is 2.00 bits per heavy atom. The van der Waals surface area contributed by atoms with Crippen LogP contribution in [0.4, 0.5) is 0 Å². The smallest absolute Gasteiger partial charge is 0.248 e. The maximum Gasteiger partial charge on any atom is 0.248 e. The summed E-state index contributed by atoms with van der Waals surface area (Å²) in [6, 6.07) is 10.7. The van der Waals surface area contributed by atoms with Crippen molar-refractivity contribution in [3.8, 4) is 17.2 Å². The molecular weight excluding hydrogens is 484 g/mol. The topological polar surface area (TPSA) is 61.6 Å². The van der Waals surface area contributed by atoms with Gasteiger partial charge < -0.3 is 15.2 Å². The summed E-state index contributed by atoms with van der Waals surface area (Å²) < 4.78 is 12.6. The van der Waals surface area contributed by atoms with Gasteiger partial charge in [0.2, 0.25) is 5.91 Å². The van der Waals surface area contributed by atoms with E-state index < -0.39 is 5.91 Å². The molecule has 0 saturated carbocycles. The van der Waals surface area contributed by atoms with Crippen molar-refractivity contribution in [3.63, 3.8) is 0 Å². The molecule has 1 amide bonds. The molecule has 0 atom stereocenters. The molecule has 2 aromatic carbocycles. The van der Waals surface area contributed by atoms with Crippen molar-refractivity contribution in [2.75, 3.05) is 7.11 Å². The molecule has 0 saturated heterocycles. The van der Waals surface area contributed by atoms with Crippen LogP contribution in [-0.4, -0.2) is 13.0 Å². The molecule has 0 spiro atoms. The predicted molar refractivity (Wildman–Crippen MR) is 93.5 cm³/mol. The van der Waals surface area contributed by atoms with Crippen LogP contribution in [0, 0.1) is 7.14 Å². The standard InChI is InChI=1S/C14H11I2NO3/c1-19-9-2-4-10(5-3-9)20-13-11(15)6-8(14(17)18)7-12(13)16/h2-7H,1H3,(H2,17,18). The SMILES string of the molecule is COc1ccc(Oc2c(I)cc(C(N)=O)cc2I)cc1. The number of carbonyl (C=O) groups excluding carboxylic acids is 1. The number of benzene rings is 2. The average molecular weight is 495 g/mol. The molecular formula is C14H11I2NO3. The molecule has 0 radical (unpaired) electrons. The number of nitrogens with two attached hydrogens (primary N) is 1. The van der Waals surface area contributed by atoms with Gasteiger partial charge in [-0.05, 0) is 81.6 Å².